The molecule has 9 aromatic carbocycles. The summed E-state index contributed by atoms with van der Waals surface area (Å²) in [5, 5.41) is 4.73. The lowest BCUT2D eigenvalue weighted by Gasteiger charge is -2.15. The lowest BCUT2D eigenvalue weighted by atomic mass is 9.93. The molecule has 2 heterocycles. The van der Waals surface area contributed by atoms with Gasteiger partial charge < -0.3 is 4.57 Å². The van der Waals surface area contributed by atoms with Gasteiger partial charge in [-0.15, -0.1) is 0 Å². The fourth-order valence-corrected chi connectivity index (χ4v) is 8.45. The molecule has 0 unspecified atom stereocenters. The number of para-hydroxylation sites is 3. The predicted octanol–water partition coefficient (Wildman–Crippen LogP) is 14.1. The summed E-state index contributed by atoms with van der Waals surface area (Å²) in [4.78, 5) is 15.3. The molecule has 0 amide bonds. The Kier molecular flexibility index (Phi) is 8.45. The molecule has 276 valence electrons. The van der Waals surface area contributed by atoms with Crippen molar-refractivity contribution in [3.8, 4) is 73.2 Å². The minimum absolute atomic E-state index is 0.637. The second-order valence-electron chi connectivity index (χ2n) is 14.8. The van der Waals surface area contributed by atoms with E-state index >= 15 is 0 Å². The summed E-state index contributed by atoms with van der Waals surface area (Å²) in [5.41, 5.74) is 13.4. The highest BCUT2D eigenvalue weighted by atomic mass is 15.0. The summed E-state index contributed by atoms with van der Waals surface area (Å²) >= 11 is 0. The molecule has 0 N–H and O–H groups in total. The topological polar surface area (TPSA) is 43.6 Å². The number of hydrogen-bond acceptors (Lipinski definition) is 3. The van der Waals surface area contributed by atoms with E-state index in [9.17, 15) is 0 Å². The highest BCUT2D eigenvalue weighted by Gasteiger charge is 2.18. The van der Waals surface area contributed by atoms with Gasteiger partial charge in [-0.05, 0) is 62.9 Å². The molecule has 0 atom stereocenters. The molecule has 4 nitrogen and oxygen atoms in total. The third-order valence-electron chi connectivity index (χ3n) is 11.3. The van der Waals surface area contributed by atoms with Gasteiger partial charge in [0.1, 0.15) is 0 Å². The Morgan fingerprint density at radius 2 is 0.627 bits per heavy atom. The molecular weight excluding hydrogens is 717 g/mol. The molecule has 0 aliphatic carbocycles. The zero-order valence-electron chi connectivity index (χ0n) is 32.1. The number of benzene rings is 9. The molecule has 11 rings (SSSR count). The van der Waals surface area contributed by atoms with Crippen molar-refractivity contribution in [3.63, 3.8) is 0 Å². The summed E-state index contributed by atoms with van der Waals surface area (Å²) < 4.78 is 2.40. The van der Waals surface area contributed by atoms with Gasteiger partial charge in [0.2, 0.25) is 0 Å². The normalized spacial score (nSPS) is 11.4. The lowest BCUT2D eigenvalue weighted by molar-refractivity contribution is 1.08. The average molecular weight is 753 g/mol. The molecule has 0 radical (unpaired) electrons. The van der Waals surface area contributed by atoms with Gasteiger partial charge in [0.25, 0.3) is 0 Å². The fourth-order valence-electron chi connectivity index (χ4n) is 8.45. The van der Waals surface area contributed by atoms with E-state index in [4.69, 9.17) is 15.0 Å². The molecule has 4 heteroatoms. The van der Waals surface area contributed by atoms with E-state index in [1.807, 2.05) is 36.4 Å². The third kappa shape index (κ3) is 6.15. The Labute approximate surface area is 342 Å². The fraction of sp³-hybridized carbons (Fsp3) is 0. The Bertz CT molecular complexity index is 3240. The van der Waals surface area contributed by atoms with Crippen molar-refractivity contribution in [2.45, 2.75) is 0 Å². The van der Waals surface area contributed by atoms with Crippen LogP contribution in [0.2, 0.25) is 0 Å². The first-order chi connectivity index (χ1) is 29.3. The van der Waals surface area contributed by atoms with Crippen LogP contribution in [0.3, 0.4) is 0 Å². The Hall–Kier alpha value is -7.95. The molecule has 0 saturated heterocycles. The van der Waals surface area contributed by atoms with Crippen LogP contribution in [-0.2, 0) is 0 Å². The molecule has 11 aromatic rings. The summed E-state index contributed by atoms with van der Waals surface area (Å²) in [6, 6.07) is 77.0. The van der Waals surface area contributed by atoms with E-state index in [2.05, 4.69) is 187 Å². The maximum Gasteiger partial charge on any atom is 0.164 e. The van der Waals surface area contributed by atoms with Crippen molar-refractivity contribution in [2.75, 3.05) is 0 Å². The maximum absolute atomic E-state index is 5.14. The van der Waals surface area contributed by atoms with Crippen molar-refractivity contribution in [3.05, 3.63) is 218 Å². The van der Waals surface area contributed by atoms with E-state index in [1.165, 1.54) is 32.9 Å². The van der Waals surface area contributed by atoms with Crippen molar-refractivity contribution in [1.29, 1.82) is 0 Å². The second kappa shape index (κ2) is 14.5. The highest BCUT2D eigenvalue weighted by Crippen LogP contribution is 2.39. The van der Waals surface area contributed by atoms with Crippen LogP contribution in [-0.4, -0.2) is 19.5 Å². The number of nitrogens with zero attached hydrogens (tertiary/aromatic N) is 4. The Balaban J connectivity index is 0.991. The summed E-state index contributed by atoms with van der Waals surface area (Å²) in [6.45, 7) is 0. The molecule has 0 saturated carbocycles. The van der Waals surface area contributed by atoms with E-state index in [1.54, 1.807) is 0 Å². The van der Waals surface area contributed by atoms with Gasteiger partial charge >= 0.3 is 0 Å². The maximum atomic E-state index is 5.14. The zero-order valence-corrected chi connectivity index (χ0v) is 32.1. The molecule has 59 heavy (non-hydrogen) atoms. The Morgan fingerprint density at radius 3 is 1.25 bits per heavy atom. The van der Waals surface area contributed by atoms with Crippen LogP contribution in [0.4, 0.5) is 0 Å². The summed E-state index contributed by atoms with van der Waals surface area (Å²) in [5.74, 6) is 1.92. The van der Waals surface area contributed by atoms with Crippen LogP contribution in [0.1, 0.15) is 0 Å². The van der Waals surface area contributed by atoms with E-state index in [0.717, 1.165) is 55.4 Å². The Morgan fingerprint density at radius 1 is 0.237 bits per heavy atom. The van der Waals surface area contributed by atoms with Gasteiger partial charge in [-0.2, -0.15) is 0 Å². The van der Waals surface area contributed by atoms with Crippen LogP contribution < -0.4 is 0 Å². The number of fused-ring (bicyclic) bond motifs is 4. The van der Waals surface area contributed by atoms with Gasteiger partial charge in [0.05, 0.1) is 16.7 Å². The second-order valence-corrected chi connectivity index (χ2v) is 14.8. The van der Waals surface area contributed by atoms with Crippen molar-refractivity contribution < 1.29 is 0 Å². The predicted molar refractivity (Wildman–Crippen MR) is 244 cm³/mol. The average Bonchev–Trinajstić information content (AvgIpc) is 3.66. The molecule has 0 bridgehead atoms. The SMILES string of the molecule is c1ccc(-c2ccc(-c3nc(-c4ccccc4)nc(-c4ccc(-c5ccc(-c6ccccc6-n6c7ccccc7c7ccccc76)cc5)c5ccccc45)n3)cc2)cc1. The lowest BCUT2D eigenvalue weighted by Crippen LogP contribution is -2.00. The first-order valence-electron chi connectivity index (χ1n) is 19.9. The first kappa shape index (κ1) is 34.3. The van der Waals surface area contributed by atoms with Crippen molar-refractivity contribution >= 4 is 32.6 Å². The standard InChI is InChI=1S/C55H36N4/c1-3-15-37(16-4-1)38-27-33-42(34-28-38)54-56-53(41-17-5-2-6-18-41)57-55(58-54)49-36-35-43(45-20-7-8-21-46(45)49)39-29-31-40(32-30-39)44-19-9-12-24-50(44)59-51-25-13-10-22-47(51)48-23-11-14-26-52(48)59/h1-36H. The van der Waals surface area contributed by atoms with Gasteiger partial charge in [0, 0.05) is 33.0 Å². The smallest absolute Gasteiger partial charge is 0.164 e. The van der Waals surface area contributed by atoms with E-state index in [-0.39, 0.29) is 0 Å². The van der Waals surface area contributed by atoms with Gasteiger partial charge in [-0.1, -0.05) is 194 Å². The van der Waals surface area contributed by atoms with Gasteiger partial charge in [-0.25, -0.2) is 15.0 Å². The summed E-state index contributed by atoms with van der Waals surface area (Å²) in [7, 11) is 0. The van der Waals surface area contributed by atoms with Crippen LogP contribution in [0.15, 0.2) is 218 Å². The van der Waals surface area contributed by atoms with Crippen molar-refractivity contribution in [1.82, 2.24) is 19.5 Å². The number of rotatable bonds is 7. The monoisotopic (exact) mass is 752 g/mol. The third-order valence-corrected chi connectivity index (χ3v) is 11.3. The molecule has 0 aliphatic heterocycles. The van der Waals surface area contributed by atoms with Crippen LogP contribution in [0, 0.1) is 0 Å². The van der Waals surface area contributed by atoms with Crippen LogP contribution >= 0.6 is 0 Å². The molecule has 0 spiro atoms. The quantitative estimate of drug-likeness (QED) is 0.163. The first-order valence-corrected chi connectivity index (χ1v) is 19.9. The minimum Gasteiger partial charge on any atom is -0.309 e. The number of aromatic nitrogens is 4. The molecule has 0 fully saturated rings. The largest absolute Gasteiger partial charge is 0.309 e. The summed E-state index contributed by atoms with van der Waals surface area (Å²) in [6.07, 6.45) is 0. The van der Waals surface area contributed by atoms with E-state index < -0.39 is 0 Å². The number of hydrogen-bond donors (Lipinski definition) is 0. The van der Waals surface area contributed by atoms with Crippen LogP contribution in [0.25, 0.3) is 106 Å². The van der Waals surface area contributed by atoms with E-state index in [0.29, 0.717) is 17.5 Å². The zero-order chi connectivity index (χ0) is 39.1. The van der Waals surface area contributed by atoms with Crippen LogP contribution in [0.5, 0.6) is 0 Å². The van der Waals surface area contributed by atoms with Gasteiger partial charge in [-0.3, -0.25) is 0 Å². The minimum atomic E-state index is 0.637. The molecule has 0 aliphatic rings. The molecular formula is C55H36N4. The van der Waals surface area contributed by atoms with Gasteiger partial charge in [0.15, 0.2) is 17.5 Å². The molecule has 2 aromatic heterocycles. The van der Waals surface area contributed by atoms with Crippen molar-refractivity contribution in [2.24, 2.45) is 0 Å². The highest BCUT2D eigenvalue weighted by molar-refractivity contribution is 6.10.